The molecule has 0 bridgehead atoms. The number of ether oxygens (including phenoxy) is 2. The summed E-state index contributed by atoms with van der Waals surface area (Å²) in [7, 11) is -1.92. The van der Waals surface area contributed by atoms with Gasteiger partial charge in [0.1, 0.15) is 5.75 Å². The van der Waals surface area contributed by atoms with E-state index in [1.165, 1.54) is 32.4 Å². The molecule has 0 aliphatic heterocycles. The fourth-order valence-electron chi connectivity index (χ4n) is 4.09. The van der Waals surface area contributed by atoms with Gasteiger partial charge in [0.25, 0.3) is 0 Å². The van der Waals surface area contributed by atoms with Crippen molar-refractivity contribution in [2.75, 3.05) is 27.4 Å². The Kier molecular flexibility index (Phi) is 8.62. The Bertz CT molecular complexity index is 1030. The van der Waals surface area contributed by atoms with Gasteiger partial charge >= 0.3 is 40.0 Å². The zero-order chi connectivity index (χ0) is 22.1. The molecule has 11 heteroatoms. The van der Waals surface area contributed by atoms with Gasteiger partial charge in [-0.05, 0) is 47.2 Å². The molecule has 1 aliphatic rings. The van der Waals surface area contributed by atoms with Gasteiger partial charge in [-0.25, -0.2) is 4.18 Å². The molecule has 0 unspecified atom stereocenters. The van der Waals surface area contributed by atoms with Crippen molar-refractivity contribution >= 4 is 10.4 Å². The van der Waals surface area contributed by atoms with Gasteiger partial charge in [-0.1, -0.05) is 17.9 Å². The van der Waals surface area contributed by atoms with E-state index in [2.05, 4.69) is 4.18 Å². The van der Waals surface area contributed by atoms with Crippen LogP contribution in [0, 0.1) is 11.8 Å². The summed E-state index contributed by atoms with van der Waals surface area (Å²) in [5, 5.41) is 32.3. The summed E-state index contributed by atoms with van der Waals surface area (Å²) >= 11 is 0. The Labute approximate surface area is 202 Å². The Morgan fingerprint density at radius 1 is 1.13 bits per heavy atom. The molecule has 0 amide bonds. The molecule has 31 heavy (non-hydrogen) atoms. The first kappa shape index (κ1) is 25.7. The monoisotopic (exact) mass is 462 g/mol. The van der Waals surface area contributed by atoms with Crippen molar-refractivity contribution in [3.63, 3.8) is 0 Å². The van der Waals surface area contributed by atoms with Gasteiger partial charge in [0.2, 0.25) is 0 Å². The fraction of sp³-hybridized carbons (Fsp3) is 0.400. The van der Waals surface area contributed by atoms with Crippen LogP contribution in [-0.4, -0.2) is 50.6 Å². The largest absolute Gasteiger partial charge is 1.00 e. The van der Waals surface area contributed by atoms with Crippen molar-refractivity contribution in [2.45, 2.75) is 12.3 Å². The average molecular weight is 462 g/mol. The molecule has 1 aliphatic carbocycles. The van der Waals surface area contributed by atoms with E-state index in [0.29, 0.717) is 17.5 Å². The van der Waals surface area contributed by atoms with Crippen molar-refractivity contribution in [3.05, 3.63) is 47.0 Å². The van der Waals surface area contributed by atoms with Gasteiger partial charge < -0.3 is 24.8 Å². The summed E-state index contributed by atoms with van der Waals surface area (Å²) in [5.74, 6) is -1.61. The van der Waals surface area contributed by atoms with Gasteiger partial charge in [-0.15, -0.1) is 0 Å². The van der Waals surface area contributed by atoms with Crippen molar-refractivity contribution in [2.24, 2.45) is 11.8 Å². The second-order valence-electron chi connectivity index (χ2n) is 7.13. The minimum atomic E-state index is -4.70. The number of hydrogen-bond donors (Lipinski definition) is 3. The summed E-state index contributed by atoms with van der Waals surface area (Å²) < 4.78 is 46.4. The van der Waals surface area contributed by atoms with E-state index in [9.17, 15) is 23.7 Å². The van der Waals surface area contributed by atoms with E-state index in [0.717, 1.165) is 5.56 Å². The van der Waals surface area contributed by atoms with Crippen molar-refractivity contribution in [1.29, 1.82) is 0 Å². The third kappa shape index (κ3) is 5.64. The number of phenolic OH excluding ortho intramolecular Hbond substituents is 1. The predicted octanol–water partition coefficient (Wildman–Crippen LogP) is -1.78. The van der Waals surface area contributed by atoms with Crippen LogP contribution in [0.1, 0.15) is 22.6 Å². The quantitative estimate of drug-likeness (QED) is 0.321. The van der Waals surface area contributed by atoms with Crippen LogP contribution in [0.25, 0.3) is 0 Å². The number of fused-ring (bicyclic) bond motifs is 1. The van der Waals surface area contributed by atoms with Gasteiger partial charge in [0.15, 0.2) is 11.5 Å². The molecule has 2 aromatic carbocycles. The van der Waals surface area contributed by atoms with Crippen LogP contribution in [0.15, 0.2) is 30.3 Å². The smallest absolute Gasteiger partial charge is 0.870 e. The minimum Gasteiger partial charge on any atom is -0.870 e. The van der Waals surface area contributed by atoms with Crippen molar-refractivity contribution < 1.29 is 71.5 Å². The standard InChI is InChI=1S/C20H24O9S.Na/c1-27-18-6-11(3-4-16(18)22)20-14-8-17(23)19(28-2)7-12(14)5-13(9-21)15(20)10-29-30(24,25)26;/h3-4,6-8,13,15,20-23H,5,9-10H2,1-2H3,(H,24,25,26);/q;+1/p-1/t13-,15-,20-;/m0./s1. The molecule has 3 rings (SSSR count). The first-order valence-electron chi connectivity index (χ1n) is 9.16. The summed E-state index contributed by atoms with van der Waals surface area (Å²) in [6.45, 7) is -0.669. The van der Waals surface area contributed by atoms with E-state index in [1.807, 2.05) is 0 Å². The Morgan fingerprint density at radius 3 is 2.39 bits per heavy atom. The van der Waals surface area contributed by atoms with Crippen LogP contribution in [0.2, 0.25) is 0 Å². The van der Waals surface area contributed by atoms with E-state index >= 15 is 0 Å². The topological polar surface area (TPSA) is 146 Å². The number of aromatic hydroxyl groups is 1. The maximum Gasteiger partial charge on any atom is 1.00 e. The molecule has 0 fully saturated rings. The molecule has 0 radical (unpaired) electrons. The van der Waals surface area contributed by atoms with Crippen LogP contribution in [0.5, 0.6) is 23.0 Å². The molecular weight excluding hydrogens is 439 g/mol. The van der Waals surface area contributed by atoms with Gasteiger partial charge in [-0.2, -0.15) is 8.42 Å². The van der Waals surface area contributed by atoms with Crippen LogP contribution >= 0.6 is 0 Å². The summed E-state index contributed by atoms with van der Waals surface area (Å²) in [5.41, 5.74) is 2.07. The number of aliphatic hydroxyl groups is 1. The zero-order valence-electron chi connectivity index (χ0n) is 17.4. The van der Waals surface area contributed by atoms with Gasteiger partial charge in [-0.3, -0.25) is 4.55 Å². The Morgan fingerprint density at radius 2 is 1.81 bits per heavy atom. The second-order valence-corrected chi connectivity index (χ2v) is 8.22. The molecule has 0 aromatic heterocycles. The van der Waals surface area contributed by atoms with E-state index < -0.39 is 34.8 Å². The number of aliphatic hydroxyl groups excluding tert-OH is 1. The summed E-state index contributed by atoms with van der Waals surface area (Å²) in [6, 6.07) is 7.64. The number of rotatable bonds is 7. The maximum atomic E-state index is 12.0. The average Bonchev–Trinajstić information content (AvgIpc) is 2.70. The molecular formula is C20H23NaO9S. The van der Waals surface area contributed by atoms with E-state index in [1.54, 1.807) is 12.1 Å². The van der Waals surface area contributed by atoms with Crippen LogP contribution < -0.4 is 44.1 Å². The first-order valence-corrected chi connectivity index (χ1v) is 10.5. The normalized spacial score (nSPS) is 20.5. The SMILES string of the molecule is COc1cc([C@H]2c3cc(O)c(OC)cc3C[C@@H](CO)[C@@H]2COS(=O)(=O)O)ccc1[O-].[Na+]. The van der Waals surface area contributed by atoms with Gasteiger partial charge in [0, 0.05) is 18.4 Å². The molecule has 2 aromatic rings. The molecule has 3 atom stereocenters. The Hall–Kier alpha value is -1.53. The molecule has 9 nitrogen and oxygen atoms in total. The first-order chi connectivity index (χ1) is 14.2. The maximum absolute atomic E-state index is 12.0. The van der Waals surface area contributed by atoms with Crippen molar-refractivity contribution in [3.8, 4) is 23.0 Å². The van der Waals surface area contributed by atoms with E-state index in [-0.39, 0.29) is 59.2 Å². The van der Waals surface area contributed by atoms with Crippen molar-refractivity contribution in [1.82, 2.24) is 0 Å². The number of benzene rings is 2. The molecule has 3 N–H and O–H groups in total. The third-order valence-corrected chi connectivity index (χ3v) is 5.92. The second kappa shape index (κ2) is 10.4. The minimum absolute atomic E-state index is 0. The number of methoxy groups -OCH3 is 2. The molecule has 0 spiro atoms. The van der Waals surface area contributed by atoms with E-state index in [4.69, 9.17) is 14.0 Å². The fourth-order valence-corrected chi connectivity index (χ4v) is 4.42. The Balaban J connectivity index is 0.00000341. The molecule has 0 heterocycles. The number of phenols is 1. The third-order valence-electron chi connectivity index (χ3n) is 5.48. The molecule has 0 saturated heterocycles. The van der Waals surface area contributed by atoms with Crippen LogP contribution in [0.3, 0.4) is 0 Å². The predicted molar refractivity (Wildman–Crippen MR) is 104 cm³/mol. The molecule has 164 valence electrons. The number of hydrogen-bond acceptors (Lipinski definition) is 8. The van der Waals surface area contributed by atoms with Crippen LogP contribution in [0.4, 0.5) is 0 Å². The summed E-state index contributed by atoms with van der Waals surface area (Å²) in [4.78, 5) is 0. The summed E-state index contributed by atoms with van der Waals surface area (Å²) in [6.07, 6.45) is 0.370. The van der Waals surface area contributed by atoms with Crippen LogP contribution in [-0.2, 0) is 21.0 Å². The molecule has 0 saturated carbocycles. The van der Waals surface area contributed by atoms with Gasteiger partial charge in [0.05, 0.1) is 20.8 Å². The zero-order valence-corrected chi connectivity index (χ0v) is 20.3.